The number of aliphatic hydroxyl groups excluding tert-OH is 2. The van der Waals surface area contributed by atoms with E-state index in [2.05, 4.69) is 15.1 Å². The molecule has 2 aliphatic rings. The molecule has 4 atom stereocenters. The Hall–Kier alpha value is -1.91. The van der Waals surface area contributed by atoms with Crippen molar-refractivity contribution in [1.29, 1.82) is 0 Å². The number of nitrogens with zero attached hydrogens (tertiary/aromatic N) is 2. The highest BCUT2D eigenvalue weighted by Gasteiger charge is 2.46. The van der Waals surface area contributed by atoms with Gasteiger partial charge in [-0.2, -0.15) is 0 Å². The number of methoxy groups -OCH3 is 2. The lowest BCUT2D eigenvalue weighted by molar-refractivity contribution is -0.125. The van der Waals surface area contributed by atoms with Crippen LogP contribution in [-0.2, 0) is 14.3 Å². The topological polar surface area (TPSA) is 104 Å². The van der Waals surface area contributed by atoms with Crippen molar-refractivity contribution in [2.75, 3.05) is 65.1 Å². The summed E-state index contributed by atoms with van der Waals surface area (Å²) in [4.78, 5) is 16.2. The first-order valence-electron chi connectivity index (χ1n) is 9.91. The molecule has 0 saturated carbocycles. The fraction of sp³-hybridized carbons (Fsp3) is 0.650. The Bertz CT molecular complexity index is 667. The van der Waals surface area contributed by atoms with E-state index in [0.29, 0.717) is 0 Å². The number of para-hydroxylation sites is 2. The summed E-state index contributed by atoms with van der Waals surface area (Å²) in [5, 5.41) is 23.0. The molecule has 162 valence electrons. The Balaban J connectivity index is 1.64. The van der Waals surface area contributed by atoms with Crippen LogP contribution >= 0.6 is 0 Å². The molecule has 9 nitrogen and oxygen atoms in total. The molecule has 3 rings (SSSR count). The second kappa shape index (κ2) is 10.2. The normalized spacial score (nSPS) is 27.8. The van der Waals surface area contributed by atoms with Gasteiger partial charge in [0.1, 0.15) is 24.6 Å². The van der Waals surface area contributed by atoms with Gasteiger partial charge in [-0.1, -0.05) is 12.1 Å². The molecule has 0 spiro atoms. The van der Waals surface area contributed by atoms with E-state index in [4.69, 9.17) is 14.2 Å². The fourth-order valence-electron chi connectivity index (χ4n) is 4.14. The number of rotatable bonds is 8. The molecule has 1 amide bonds. The molecule has 0 radical (unpaired) electrons. The van der Waals surface area contributed by atoms with Gasteiger partial charge in [0.25, 0.3) is 0 Å². The highest BCUT2D eigenvalue weighted by atomic mass is 16.5. The lowest BCUT2D eigenvalue weighted by atomic mass is 10.0. The number of anilines is 1. The average molecular weight is 409 g/mol. The van der Waals surface area contributed by atoms with Gasteiger partial charge in [0.05, 0.1) is 31.5 Å². The molecular formula is C20H31N3O6. The van der Waals surface area contributed by atoms with E-state index in [9.17, 15) is 15.0 Å². The number of hydrogen-bond donors (Lipinski definition) is 3. The smallest absolute Gasteiger partial charge is 0.246 e. The molecule has 0 aromatic heterocycles. The largest absolute Gasteiger partial charge is 0.495 e. The molecule has 0 bridgehead atoms. The van der Waals surface area contributed by atoms with Crippen LogP contribution in [0.5, 0.6) is 5.75 Å². The van der Waals surface area contributed by atoms with Crippen LogP contribution in [0.4, 0.5) is 5.69 Å². The summed E-state index contributed by atoms with van der Waals surface area (Å²) in [6.45, 7) is 2.97. The van der Waals surface area contributed by atoms with Gasteiger partial charge in [-0.3, -0.25) is 9.69 Å². The van der Waals surface area contributed by atoms with Crippen LogP contribution in [0.1, 0.15) is 0 Å². The lowest BCUT2D eigenvalue weighted by Gasteiger charge is -2.41. The molecule has 0 unspecified atom stereocenters. The van der Waals surface area contributed by atoms with Crippen molar-refractivity contribution in [3.8, 4) is 5.75 Å². The molecule has 1 aromatic rings. The number of amides is 1. The van der Waals surface area contributed by atoms with Gasteiger partial charge in [-0.05, 0) is 12.1 Å². The molecule has 2 heterocycles. The van der Waals surface area contributed by atoms with Crippen molar-refractivity contribution in [2.24, 2.45) is 0 Å². The maximum Gasteiger partial charge on any atom is 0.246 e. The molecule has 3 N–H and O–H groups in total. The van der Waals surface area contributed by atoms with E-state index in [1.54, 1.807) is 7.11 Å². The van der Waals surface area contributed by atoms with Crippen LogP contribution in [0.15, 0.2) is 24.3 Å². The first kappa shape index (κ1) is 21.8. The van der Waals surface area contributed by atoms with Crippen molar-refractivity contribution in [2.45, 2.75) is 24.4 Å². The number of nitrogens with one attached hydrogen (secondary N) is 1. The summed E-state index contributed by atoms with van der Waals surface area (Å²) in [6.07, 6.45) is -1.88. The number of hydrogen-bond acceptors (Lipinski definition) is 8. The van der Waals surface area contributed by atoms with Crippen LogP contribution in [0.3, 0.4) is 0 Å². The molecule has 9 heteroatoms. The number of benzene rings is 1. The van der Waals surface area contributed by atoms with Crippen LogP contribution in [-0.4, -0.2) is 106 Å². The molecule has 1 aromatic carbocycles. The summed E-state index contributed by atoms with van der Waals surface area (Å²) in [5.74, 6) is 0.599. The predicted molar refractivity (Wildman–Crippen MR) is 107 cm³/mol. The third-order valence-electron chi connectivity index (χ3n) is 5.58. The Kier molecular flexibility index (Phi) is 7.68. The van der Waals surface area contributed by atoms with Gasteiger partial charge in [-0.25, -0.2) is 0 Å². The van der Waals surface area contributed by atoms with Crippen molar-refractivity contribution in [1.82, 2.24) is 10.2 Å². The van der Waals surface area contributed by atoms with Gasteiger partial charge < -0.3 is 34.6 Å². The predicted octanol–water partition coefficient (Wildman–Crippen LogP) is -0.931. The Morgan fingerprint density at radius 2 is 1.93 bits per heavy atom. The standard InChI is InChI=1S/C20H31N3O6/c1-27-13-18(25)21-11-16-19(20(26)17(12-24)29-16)23-9-7-22(8-10-23)14-5-3-4-6-15(14)28-2/h3-6,16-17,19-20,24,26H,7-13H2,1-2H3,(H,21,25)/t16-,17-,19-,20+/m0/s1. The van der Waals surface area contributed by atoms with Crippen molar-refractivity contribution in [3.63, 3.8) is 0 Å². The van der Waals surface area contributed by atoms with Crippen molar-refractivity contribution >= 4 is 11.6 Å². The van der Waals surface area contributed by atoms with Crippen LogP contribution in [0.25, 0.3) is 0 Å². The Labute approximate surface area is 171 Å². The maximum atomic E-state index is 11.7. The van der Waals surface area contributed by atoms with Gasteiger partial charge in [0.15, 0.2) is 0 Å². The highest BCUT2D eigenvalue weighted by Crippen LogP contribution is 2.31. The molecule has 29 heavy (non-hydrogen) atoms. The second-order valence-corrected chi connectivity index (χ2v) is 7.31. The lowest BCUT2D eigenvalue weighted by Crippen LogP contribution is -2.57. The monoisotopic (exact) mass is 409 g/mol. The van der Waals surface area contributed by atoms with Crippen LogP contribution in [0, 0.1) is 0 Å². The number of ether oxygens (including phenoxy) is 3. The minimum atomic E-state index is -0.817. The van der Waals surface area contributed by atoms with E-state index in [-0.39, 0.29) is 31.7 Å². The molecule has 2 aliphatic heterocycles. The van der Waals surface area contributed by atoms with E-state index in [0.717, 1.165) is 37.6 Å². The zero-order valence-corrected chi connectivity index (χ0v) is 17.0. The second-order valence-electron chi connectivity index (χ2n) is 7.31. The van der Waals surface area contributed by atoms with Gasteiger partial charge in [0, 0.05) is 39.8 Å². The van der Waals surface area contributed by atoms with Crippen LogP contribution < -0.4 is 15.0 Å². The number of carbonyl (C=O) groups excluding carboxylic acids is 1. The summed E-state index contributed by atoms with van der Waals surface area (Å²) in [5.41, 5.74) is 1.05. The maximum absolute atomic E-state index is 11.7. The quantitative estimate of drug-likeness (QED) is 0.506. The van der Waals surface area contributed by atoms with E-state index >= 15 is 0 Å². The van der Waals surface area contributed by atoms with Crippen molar-refractivity contribution in [3.05, 3.63) is 24.3 Å². The highest BCUT2D eigenvalue weighted by molar-refractivity contribution is 5.77. The summed E-state index contributed by atoms with van der Waals surface area (Å²) >= 11 is 0. The van der Waals surface area contributed by atoms with Crippen LogP contribution in [0.2, 0.25) is 0 Å². The summed E-state index contributed by atoms with van der Waals surface area (Å²) in [6, 6.07) is 7.62. The SMILES string of the molecule is COCC(=O)NC[C@@H]1O[C@@H](CO)[C@@H](O)[C@H]1N1CCN(c2ccccc2OC)CC1. The molecule has 2 fully saturated rings. The molecule has 2 saturated heterocycles. The van der Waals surface area contributed by atoms with E-state index < -0.39 is 18.3 Å². The third kappa shape index (κ3) is 4.99. The number of carbonyl (C=O) groups is 1. The number of aliphatic hydroxyl groups is 2. The summed E-state index contributed by atoms with van der Waals surface area (Å²) < 4.78 is 16.1. The number of piperazine rings is 1. The van der Waals surface area contributed by atoms with Gasteiger partial charge >= 0.3 is 0 Å². The first-order valence-corrected chi connectivity index (χ1v) is 9.91. The fourth-order valence-corrected chi connectivity index (χ4v) is 4.14. The first-order chi connectivity index (χ1) is 14.1. The summed E-state index contributed by atoms with van der Waals surface area (Å²) in [7, 11) is 3.13. The van der Waals surface area contributed by atoms with Gasteiger partial charge in [-0.15, -0.1) is 0 Å². The minimum absolute atomic E-state index is 0.0268. The zero-order chi connectivity index (χ0) is 20.8. The van der Waals surface area contributed by atoms with Gasteiger partial charge in [0.2, 0.25) is 5.91 Å². The Morgan fingerprint density at radius 1 is 1.21 bits per heavy atom. The molecular weight excluding hydrogens is 378 g/mol. The third-order valence-corrected chi connectivity index (χ3v) is 5.58. The minimum Gasteiger partial charge on any atom is -0.495 e. The average Bonchev–Trinajstić information content (AvgIpc) is 3.08. The van der Waals surface area contributed by atoms with E-state index in [1.807, 2.05) is 24.3 Å². The zero-order valence-electron chi connectivity index (χ0n) is 17.0. The van der Waals surface area contributed by atoms with Crippen molar-refractivity contribution < 1.29 is 29.2 Å². The van der Waals surface area contributed by atoms with E-state index in [1.165, 1.54) is 7.11 Å². The Morgan fingerprint density at radius 3 is 2.59 bits per heavy atom. The molecule has 0 aliphatic carbocycles.